The number of hydrogen-bond acceptors (Lipinski definition) is 6. The van der Waals surface area contributed by atoms with Crippen LogP contribution in [0.15, 0.2) is 51.0 Å². The van der Waals surface area contributed by atoms with Crippen LogP contribution in [0.2, 0.25) is 0 Å². The number of carbonyl (C=O) groups excluding carboxylic acids is 1. The van der Waals surface area contributed by atoms with Crippen LogP contribution in [0.3, 0.4) is 0 Å². The second-order valence-corrected chi connectivity index (χ2v) is 5.88. The SMILES string of the molecule is COc1ccc(CNC(=O)Cn2nc(-c3cccs3)oc2=O)cc1. The van der Waals surface area contributed by atoms with E-state index < -0.39 is 5.76 Å². The average molecular weight is 345 g/mol. The molecule has 2 heterocycles. The molecule has 0 saturated carbocycles. The van der Waals surface area contributed by atoms with Crippen LogP contribution < -0.4 is 15.8 Å². The zero-order valence-corrected chi connectivity index (χ0v) is 13.7. The Morgan fingerprint density at radius 2 is 2.12 bits per heavy atom. The summed E-state index contributed by atoms with van der Waals surface area (Å²) >= 11 is 1.41. The minimum atomic E-state index is -0.655. The largest absolute Gasteiger partial charge is 0.497 e. The third-order valence-electron chi connectivity index (χ3n) is 3.28. The number of thiophene rings is 1. The van der Waals surface area contributed by atoms with E-state index in [-0.39, 0.29) is 18.3 Å². The summed E-state index contributed by atoms with van der Waals surface area (Å²) in [5, 5.41) is 8.64. The standard InChI is InChI=1S/C16H15N3O4S/c1-22-12-6-4-11(5-7-12)9-17-14(20)10-19-16(21)23-15(18-19)13-3-2-8-24-13/h2-8H,9-10H2,1H3,(H,17,20). The van der Waals surface area contributed by atoms with Crippen molar-refractivity contribution in [2.45, 2.75) is 13.1 Å². The van der Waals surface area contributed by atoms with Gasteiger partial charge in [-0.25, -0.2) is 4.79 Å². The van der Waals surface area contributed by atoms with Gasteiger partial charge in [-0.15, -0.1) is 16.4 Å². The van der Waals surface area contributed by atoms with Gasteiger partial charge in [0.1, 0.15) is 12.3 Å². The molecule has 0 radical (unpaired) electrons. The number of methoxy groups -OCH3 is 1. The number of benzene rings is 1. The number of hydrogen-bond donors (Lipinski definition) is 1. The second-order valence-electron chi connectivity index (χ2n) is 4.93. The highest BCUT2D eigenvalue weighted by Gasteiger charge is 2.13. The Labute approximate surface area is 141 Å². The molecule has 1 aromatic carbocycles. The molecule has 0 aliphatic rings. The van der Waals surface area contributed by atoms with E-state index in [1.165, 1.54) is 11.3 Å². The van der Waals surface area contributed by atoms with E-state index in [0.717, 1.165) is 20.9 Å². The molecule has 0 spiro atoms. The topological polar surface area (TPSA) is 86.4 Å². The summed E-state index contributed by atoms with van der Waals surface area (Å²) in [5.41, 5.74) is 0.927. The van der Waals surface area contributed by atoms with Crippen molar-refractivity contribution in [3.63, 3.8) is 0 Å². The van der Waals surface area contributed by atoms with Crippen LogP contribution in [-0.2, 0) is 17.9 Å². The molecule has 0 aliphatic carbocycles. The van der Waals surface area contributed by atoms with Crippen LogP contribution in [0.5, 0.6) is 5.75 Å². The van der Waals surface area contributed by atoms with Gasteiger partial charge in [0.25, 0.3) is 5.89 Å². The molecule has 2 aromatic heterocycles. The number of carbonyl (C=O) groups is 1. The predicted octanol–water partition coefficient (Wildman–Crippen LogP) is 1.89. The van der Waals surface area contributed by atoms with Crippen LogP contribution in [0.4, 0.5) is 0 Å². The van der Waals surface area contributed by atoms with Crippen molar-refractivity contribution in [1.29, 1.82) is 0 Å². The normalized spacial score (nSPS) is 10.5. The van der Waals surface area contributed by atoms with Crippen molar-refractivity contribution in [1.82, 2.24) is 15.1 Å². The van der Waals surface area contributed by atoms with Gasteiger partial charge >= 0.3 is 5.76 Å². The first-order valence-electron chi connectivity index (χ1n) is 7.17. The fourth-order valence-corrected chi connectivity index (χ4v) is 2.69. The van der Waals surface area contributed by atoms with E-state index in [1.54, 1.807) is 13.2 Å². The summed E-state index contributed by atoms with van der Waals surface area (Å²) in [6.45, 7) is 0.164. The van der Waals surface area contributed by atoms with E-state index in [0.29, 0.717) is 6.54 Å². The van der Waals surface area contributed by atoms with Gasteiger partial charge in [0.05, 0.1) is 12.0 Å². The maximum atomic E-state index is 12.0. The molecular weight excluding hydrogens is 330 g/mol. The van der Waals surface area contributed by atoms with Gasteiger partial charge in [-0.05, 0) is 29.1 Å². The molecular formula is C16H15N3O4S. The Morgan fingerprint density at radius 1 is 1.33 bits per heavy atom. The number of ether oxygens (including phenoxy) is 1. The minimum Gasteiger partial charge on any atom is -0.497 e. The smallest absolute Gasteiger partial charge is 0.437 e. The minimum absolute atomic E-state index is 0.191. The third kappa shape index (κ3) is 3.72. The number of nitrogens with zero attached hydrogens (tertiary/aromatic N) is 2. The monoisotopic (exact) mass is 345 g/mol. The van der Waals surface area contributed by atoms with Crippen LogP contribution in [0.1, 0.15) is 5.56 Å². The first-order chi connectivity index (χ1) is 11.7. The molecule has 0 fully saturated rings. The maximum absolute atomic E-state index is 12.0. The van der Waals surface area contributed by atoms with Crippen LogP contribution in [-0.4, -0.2) is 22.8 Å². The highest BCUT2D eigenvalue weighted by Crippen LogP contribution is 2.20. The van der Waals surface area contributed by atoms with E-state index in [2.05, 4.69) is 10.4 Å². The van der Waals surface area contributed by atoms with Crippen molar-refractivity contribution < 1.29 is 13.9 Å². The lowest BCUT2D eigenvalue weighted by molar-refractivity contribution is -0.122. The van der Waals surface area contributed by atoms with Crippen molar-refractivity contribution in [3.8, 4) is 16.5 Å². The van der Waals surface area contributed by atoms with Gasteiger partial charge in [0, 0.05) is 6.54 Å². The molecule has 0 saturated heterocycles. The van der Waals surface area contributed by atoms with E-state index >= 15 is 0 Å². The summed E-state index contributed by atoms with van der Waals surface area (Å²) in [4.78, 5) is 24.5. The van der Waals surface area contributed by atoms with Gasteiger partial charge in [-0.1, -0.05) is 18.2 Å². The van der Waals surface area contributed by atoms with Crippen LogP contribution in [0, 0.1) is 0 Å². The first kappa shape index (κ1) is 16.0. The van der Waals surface area contributed by atoms with Gasteiger partial charge in [-0.3, -0.25) is 4.79 Å². The van der Waals surface area contributed by atoms with Gasteiger partial charge < -0.3 is 14.5 Å². The molecule has 24 heavy (non-hydrogen) atoms. The number of aromatic nitrogens is 2. The first-order valence-corrected chi connectivity index (χ1v) is 8.05. The summed E-state index contributed by atoms with van der Waals surface area (Å²) in [5.74, 6) is -0.00441. The Bertz CT molecular complexity index is 866. The molecule has 8 heteroatoms. The van der Waals surface area contributed by atoms with Crippen LogP contribution in [0.25, 0.3) is 10.8 Å². The Morgan fingerprint density at radius 3 is 2.79 bits per heavy atom. The molecule has 124 valence electrons. The molecule has 3 rings (SSSR count). The van der Waals surface area contributed by atoms with E-state index in [4.69, 9.17) is 9.15 Å². The Balaban J connectivity index is 1.59. The van der Waals surface area contributed by atoms with E-state index in [9.17, 15) is 9.59 Å². The number of amides is 1. The van der Waals surface area contributed by atoms with Gasteiger partial charge in [0.15, 0.2) is 0 Å². The lowest BCUT2D eigenvalue weighted by atomic mass is 10.2. The lowest BCUT2D eigenvalue weighted by Gasteiger charge is -2.05. The van der Waals surface area contributed by atoms with E-state index in [1.807, 2.05) is 35.7 Å². The number of rotatable bonds is 6. The fourth-order valence-electron chi connectivity index (χ4n) is 2.04. The summed E-state index contributed by atoms with van der Waals surface area (Å²) in [6.07, 6.45) is 0. The lowest BCUT2D eigenvalue weighted by Crippen LogP contribution is -2.31. The van der Waals surface area contributed by atoms with Gasteiger partial charge in [-0.2, -0.15) is 4.68 Å². The second kappa shape index (κ2) is 7.14. The quantitative estimate of drug-likeness (QED) is 0.737. The van der Waals surface area contributed by atoms with Crippen molar-refractivity contribution >= 4 is 17.2 Å². The highest BCUT2D eigenvalue weighted by atomic mass is 32.1. The van der Waals surface area contributed by atoms with Crippen molar-refractivity contribution in [2.75, 3.05) is 7.11 Å². The molecule has 0 bridgehead atoms. The summed E-state index contributed by atoms with van der Waals surface area (Å²) in [6, 6.07) is 11.0. The number of nitrogens with one attached hydrogen (secondary N) is 1. The van der Waals surface area contributed by atoms with Crippen molar-refractivity contribution in [2.24, 2.45) is 0 Å². The molecule has 0 aliphatic heterocycles. The summed E-state index contributed by atoms with van der Waals surface area (Å²) < 4.78 is 11.1. The highest BCUT2D eigenvalue weighted by molar-refractivity contribution is 7.13. The zero-order chi connectivity index (χ0) is 16.9. The molecule has 1 N–H and O–H groups in total. The van der Waals surface area contributed by atoms with Crippen molar-refractivity contribution in [3.05, 3.63) is 57.9 Å². The zero-order valence-electron chi connectivity index (χ0n) is 12.9. The predicted molar refractivity (Wildman–Crippen MR) is 88.9 cm³/mol. The maximum Gasteiger partial charge on any atom is 0.437 e. The Hall–Kier alpha value is -2.87. The molecule has 0 unspecified atom stereocenters. The van der Waals surface area contributed by atoms with Crippen LogP contribution >= 0.6 is 11.3 Å². The molecule has 7 nitrogen and oxygen atoms in total. The third-order valence-corrected chi connectivity index (χ3v) is 4.14. The molecule has 3 aromatic rings. The molecule has 1 amide bonds. The Kier molecular flexibility index (Phi) is 4.76. The molecule has 0 atom stereocenters. The summed E-state index contributed by atoms with van der Waals surface area (Å²) in [7, 11) is 1.59. The average Bonchev–Trinajstić information content (AvgIpc) is 3.24. The fraction of sp³-hybridized carbons (Fsp3) is 0.188. The van der Waals surface area contributed by atoms with Gasteiger partial charge in [0.2, 0.25) is 5.91 Å².